The Kier molecular flexibility index (Phi) is 1.96. The lowest BCUT2D eigenvalue weighted by Gasteiger charge is -2.04. The number of pyridine rings is 1. The first-order valence-electron chi connectivity index (χ1n) is 5.09. The van der Waals surface area contributed by atoms with Gasteiger partial charge < -0.3 is 4.98 Å². The predicted molar refractivity (Wildman–Crippen MR) is 64.3 cm³/mol. The van der Waals surface area contributed by atoms with Crippen molar-refractivity contribution in [2.24, 2.45) is 0 Å². The lowest BCUT2D eigenvalue weighted by atomic mass is 10.1. The van der Waals surface area contributed by atoms with E-state index in [0.29, 0.717) is 0 Å². The molecule has 3 heteroatoms. The molecule has 76 valence electrons. The average Bonchev–Trinajstić information content (AvgIpc) is 2.66. The van der Waals surface area contributed by atoms with Crippen LogP contribution in [0.25, 0.3) is 10.9 Å². The van der Waals surface area contributed by atoms with E-state index in [1.165, 1.54) is 10.9 Å². The molecule has 0 fully saturated rings. The molecule has 0 aliphatic heterocycles. The SMILES string of the molecule is O=c1[nH]c2cc(Br)ccc2c2c1CCC2. The second kappa shape index (κ2) is 3.20. The molecule has 1 aromatic heterocycles. The zero-order valence-electron chi connectivity index (χ0n) is 8.14. The van der Waals surface area contributed by atoms with Crippen LogP contribution in [-0.4, -0.2) is 4.98 Å². The molecule has 2 aromatic rings. The number of hydrogen-bond acceptors (Lipinski definition) is 1. The number of hydrogen-bond donors (Lipinski definition) is 1. The second-order valence-electron chi connectivity index (χ2n) is 3.95. The van der Waals surface area contributed by atoms with Gasteiger partial charge in [-0.15, -0.1) is 0 Å². The van der Waals surface area contributed by atoms with Gasteiger partial charge in [0, 0.05) is 20.9 Å². The zero-order chi connectivity index (χ0) is 10.4. The van der Waals surface area contributed by atoms with Crippen LogP contribution in [0.5, 0.6) is 0 Å². The molecule has 1 heterocycles. The third-order valence-electron chi connectivity index (χ3n) is 3.05. The van der Waals surface area contributed by atoms with Crippen LogP contribution >= 0.6 is 15.9 Å². The number of rotatable bonds is 0. The van der Waals surface area contributed by atoms with Crippen LogP contribution in [0.3, 0.4) is 0 Å². The number of nitrogens with one attached hydrogen (secondary N) is 1. The van der Waals surface area contributed by atoms with Crippen molar-refractivity contribution in [2.75, 3.05) is 0 Å². The highest BCUT2D eigenvalue weighted by Crippen LogP contribution is 2.27. The third-order valence-corrected chi connectivity index (χ3v) is 3.54. The first kappa shape index (κ1) is 9.16. The summed E-state index contributed by atoms with van der Waals surface area (Å²) in [5, 5.41) is 1.20. The van der Waals surface area contributed by atoms with Gasteiger partial charge in [0.1, 0.15) is 0 Å². The summed E-state index contributed by atoms with van der Waals surface area (Å²) in [6, 6.07) is 6.08. The predicted octanol–water partition coefficient (Wildman–Crippen LogP) is 2.78. The van der Waals surface area contributed by atoms with Crippen LogP contribution in [0, 0.1) is 0 Å². The molecular formula is C12H10BrNO. The van der Waals surface area contributed by atoms with Gasteiger partial charge >= 0.3 is 0 Å². The normalized spacial score (nSPS) is 14.5. The van der Waals surface area contributed by atoms with Crippen molar-refractivity contribution in [1.82, 2.24) is 4.98 Å². The van der Waals surface area contributed by atoms with Crippen LogP contribution in [0.15, 0.2) is 27.5 Å². The summed E-state index contributed by atoms with van der Waals surface area (Å²) < 4.78 is 1.00. The average molecular weight is 264 g/mol. The summed E-state index contributed by atoms with van der Waals surface area (Å²) in [4.78, 5) is 14.7. The highest BCUT2D eigenvalue weighted by molar-refractivity contribution is 9.10. The second-order valence-corrected chi connectivity index (χ2v) is 4.87. The number of aromatic amines is 1. The van der Waals surface area contributed by atoms with E-state index in [-0.39, 0.29) is 5.56 Å². The van der Waals surface area contributed by atoms with Gasteiger partial charge in [-0.3, -0.25) is 4.79 Å². The van der Waals surface area contributed by atoms with Crippen molar-refractivity contribution in [2.45, 2.75) is 19.3 Å². The molecule has 0 unspecified atom stereocenters. The van der Waals surface area contributed by atoms with Crippen molar-refractivity contribution in [3.05, 3.63) is 44.2 Å². The molecule has 0 radical (unpaired) electrons. The minimum atomic E-state index is 0.0908. The summed E-state index contributed by atoms with van der Waals surface area (Å²) in [7, 11) is 0. The fourth-order valence-electron chi connectivity index (χ4n) is 2.37. The highest BCUT2D eigenvalue weighted by atomic mass is 79.9. The van der Waals surface area contributed by atoms with Gasteiger partial charge in [0.2, 0.25) is 0 Å². The summed E-state index contributed by atoms with van der Waals surface area (Å²) in [5.41, 5.74) is 3.27. The number of benzene rings is 1. The quantitative estimate of drug-likeness (QED) is 0.779. The number of H-pyrrole nitrogens is 1. The Morgan fingerprint density at radius 1 is 1.20 bits per heavy atom. The van der Waals surface area contributed by atoms with E-state index >= 15 is 0 Å². The van der Waals surface area contributed by atoms with Gasteiger partial charge in [-0.2, -0.15) is 0 Å². The topological polar surface area (TPSA) is 32.9 Å². The van der Waals surface area contributed by atoms with E-state index in [1.807, 2.05) is 12.1 Å². The van der Waals surface area contributed by atoms with E-state index in [4.69, 9.17) is 0 Å². The Bertz CT molecular complexity index is 600. The first-order chi connectivity index (χ1) is 7.25. The third kappa shape index (κ3) is 1.34. The molecule has 1 aliphatic carbocycles. The molecule has 2 nitrogen and oxygen atoms in total. The molecule has 1 aliphatic rings. The smallest absolute Gasteiger partial charge is 0.251 e. The Morgan fingerprint density at radius 3 is 2.87 bits per heavy atom. The minimum Gasteiger partial charge on any atom is -0.322 e. The Hall–Kier alpha value is -1.09. The fourth-order valence-corrected chi connectivity index (χ4v) is 2.73. The van der Waals surface area contributed by atoms with Gasteiger partial charge in [0.15, 0.2) is 0 Å². The van der Waals surface area contributed by atoms with Crippen molar-refractivity contribution in [1.29, 1.82) is 0 Å². The minimum absolute atomic E-state index is 0.0908. The molecule has 0 spiro atoms. The molecule has 3 rings (SSSR count). The molecule has 15 heavy (non-hydrogen) atoms. The molecular weight excluding hydrogens is 254 g/mol. The largest absolute Gasteiger partial charge is 0.322 e. The zero-order valence-corrected chi connectivity index (χ0v) is 9.73. The lowest BCUT2D eigenvalue weighted by Crippen LogP contribution is -2.12. The van der Waals surface area contributed by atoms with Crippen molar-refractivity contribution < 1.29 is 0 Å². The molecule has 1 aromatic carbocycles. The van der Waals surface area contributed by atoms with Crippen molar-refractivity contribution >= 4 is 26.8 Å². The van der Waals surface area contributed by atoms with E-state index in [1.54, 1.807) is 0 Å². The summed E-state index contributed by atoms with van der Waals surface area (Å²) in [5.74, 6) is 0. The van der Waals surface area contributed by atoms with E-state index in [9.17, 15) is 4.79 Å². The van der Waals surface area contributed by atoms with E-state index < -0.39 is 0 Å². The Morgan fingerprint density at radius 2 is 2.00 bits per heavy atom. The number of aryl methyl sites for hydroxylation is 1. The maximum atomic E-state index is 11.8. The number of fused-ring (bicyclic) bond motifs is 3. The monoisotopic (exact) mass is 263 g/mol. The fraction of sp³-hybridized carbons (Fsp3) is 0.250. The van der Waals surface area contributed by atoms with Gasteiger partial charge in [0.05, 0.1) is 0 Å². The van der Waals surface area contributed by atoms with Crippen LogP contribution in [-0.2, 0) is 12.8 Å². The molecule has 0 bridgehead atoms. The van der Waals surface area contributed by atoms with E-state index in [0.717, 1.165) is 34.8 Å². The summed E-state index contributed by atoms with van der Waals surface area (Å²) >= 11 is 3.42. The summed E-state index contributed by atoms with van der Waals surface area (Å²) in [6.07, 6.45) is 3.07. The molecule has 0 saturated heterocycles. The van der Waals surface area contributed by atoms with Crippen LogP contribution in [0.2, 0.25) is 0 Å². The molecule has 0 amide bonds. The molecule has 1 N–H and O–H groups in total. The Labute approximate surface area is 95.5 Å². The van der Waals surface area contributed by atoms with Crippen LogP contribution in [0.1, 0.15) is 17.5 Å². The van der Waals surface area contributed by atoms with Gasteiger partial charge in [-0.25, -0.2) is 0 Å². The van der Waals surface area contributed by atoms with Gasteiger partial charge in [-0.1, -0.05) is 22.0 Å². The van der Waals surface area contributed by atoms with Crippen LogP contribution in [0.4, 0.5) is 0 Å². The maximum Gasteiger partial charge on any atom is 0.251 e. The maximum absolute atomic E-state index is 11.8. The first-order valence-corrected chi connectivity index (χ1v) is 5.88. The molecule has 0 saturated carbocycles. The number of aromatic nitrogens is 1. The standard InChI is InChI=1S/C12H10BrNO/c13-7-4-5-9-8-2-1-3-10(8)12(15)14-11(9)6-7/h4-6H,1-3H2,(H,14,15). The number of halogens is 1. The van der Waals surface area contributed by atoms with Crippen molar-refractivity contribution in [3.8, 4) is 0 Å². The van der Waals surface area contributed by atoms with E-state index in [2.05, 4.69) is 27.0 Å². The van der Waals surface area contributed by atoms with Crippen LogP contribution < -0.4 is 5.56 Å². The van der Waals surface area contributed by atoms with Crippen molar-refractivity contribution in [3.63, 3.8) is 0 Å². The summed E-state index contributed by atoms with van der Waals surface area (Å²) in [6.45, 7) is 0. The Balaban J connectivity index is 2.48. The lowest BCUT2D eigenvalue weighted by molar-refractivity contribution is 0.909. The van der Waals surface area contributed by atoms with Gasteiger partial charge in [0.25, 0.3) is 5.56 Å². The van der Waals surface area contributed by atoms with Gasteiger partial charge in [-0.05, 0) is 37.0 Å². The highest BCUT2D eigenvalue weighted by Gasteiger charge is 2.17. The molecule has 0 atom stereocenters.